The molecule has 4 rings (SSSR count). The van der Waals surface area contributed by atoms with Crippen molar-refractivity contribution in [2.24, 2.45) is 0 Å². The van der Waals surface area contributed by atoms with E-state index in [-0.39, 0.29) is 18.5 Å². The molecule has 1 aliphatic heterocycles. The number of fused-ring (bicyclic) bond motifs is 1. The molecular weight excluding hydrogens is 288 g/mol. The summed E-state index contributed by atoms with van der Waals surface area (Å²) in [6, 6.07) is 8.46. The summed E-state index contributed by atoms with van der Waals surface area (Å²) in [5, 5.41) is 6.74. The van der Waals surface area contributed by atoms with Crippen LogP contribution in [-0.2, 0) is 0 Å². The van der Waals surface area contributed by atoms with Crippen molar-refractivity contribution in [2.75, 3.05) is 18.4 Å². The van der Waals surface area contributed by atoms with E-state index in [4.69, 9.17) is 4.74 Å². The van der Waals surface area contributed by atoms with Gasteiger partial charge in [0.1, 0.15) is 6.10 Å². The highest BCUT2D eigenvalue weighted by molar-refractivity contribution is 5.85. The van der Waals surface area contributed by atoms with Crippen LogP contribution in [0.25, 0.3) is 11.0 Å². The van der Waals surface area contributed by atoms with Crippen LogP contribution in [0.15, 0.2) is 24.3 Å². The summed E-state index contributed by atoms with van der Waals surface area (Å²) >= 11 is 0. The highest BCUT2D eigenvalue weighted by atomic mass is 35.5. The maximum Gasteiger partial charge on any atom is 0.258 e. The molecule has 21 heavy (non-hydrogen) atoms. The van der Waals surface area contributed by atoms with Crippen molar-refractivity contribution in [3.63, 3.8) is 0 Å². The van der Waals surface area contributed by atoms with E-state index in [1.54, 1.807) is 0 Å². The van der Waals surface area contributed by atoms with E-state index < -0.39 is 0 Å². The molecule has 5 nitrogen and oxygen atoms in total. The Hall–Kier alpha value is -1.59. The molecule has 1 saturated heterocycles. The number of nitrogens with one attached hydrogen (secondary N) is 2. The minimum atomic E-state index is 0. The van der Waals surface area contributed by atoms with E-state index in [0.717, 1.165) is 36.4 Å². The van der Waals surface area contributed by atoms with Gasteiger partial charge in [-0.1, -0.05) is 12.1 Å². The third-order valence-corrected chi connectivity index (χ3v) is 3.75. The first-order valence-corrected chi connectivity index (χ1v) is 7.29. The molecule has 0 spiro atoms. The van der Waals surface area contributed by atoms with Crippen molar-refractivity contribution in [2.45, 2.75) is 31.4 Å². The molecule has 1 aromatic heterocycles. The van der Waals surface area contributed by atoms with Crippen LogP contribution in [0.4, 0.5) is 5.82 Å². The molecule has 6 heteroatoms. The molecule has 0 bridgehead atoms. The Labute approximate surface area is 129 Å². The van der Waals surface area contributed by atoms with Gasteiger partial charge in [0, 0.05) is 12.6 Å². The van der Waals surface area contributed by atoms with Crippen LogP contribution in [0.3, 0.4) is 0 Å². The van der Waals surface area contributed by atoms with Gasteiger partial charge < -0.3 is 15.4 Å². The quantitative estimate of drug-likeness (QED) is 0.908. The van der Waals surface area contributed by atoms with Gasteiger partial charge in [-0.25, -0.2) is 9.97 Å². The fourth-order valence-electron chi connectivity index (χ4n) is 2.47. The van der Waals surface area contributed by atoms with Gasteiger partial charge in [-0.2, -0.15) is 0 Å². The molecule has 1 atom stereocenters. The molecule has 2 N–H and O–H groups in total. The number of halogens is 1. The molecule has 2 fully saturated rings. The van der Waals surface area contributed by atoms with Crippen molar-refractivity contribution in [1.82, 2.24) is 15.3 Å². The second-order valence-electron chi connectivity index (χ2n) is 5.52. The third kappa shape index (κ3) is 3.19. The van der Waals surface area contributed by atoms with Gasteiger partial charge in [0.25, 0.3) is 5.88 Å². The molecule has 0 unspecified atom stereocenters. The van der Waals surface area contributed by atoms with Crippen LogP contribution in [0, 0.1) is 0 Å². The summed E-state index contributed by atoms with van der Waals surface area (Å²) in [7, 11) is 0. The van der Waals surface area contributed by atoms with E-state index in [1.165, 1.54) is 12.8 Å². The minimum Gasteiger partial charge on any atom is -0.470 e. The molecule has 0 amide bonds. The number of hydrogen-bond acceptors (Lipinski definition) is 5. The van der Waals surface area contributed by atoms with Gasteiger partial charge in [-0.15, -0.1) is 12.4 Å². The normalized spacial score (nSPS) is 21.0. The molecule has 2 aromatic rings. The minimum absolute atomic E-state index is 0. The second-order valence-corrected chi connectivity index (χ2v) is 5.52. The van der Waals surface area contributed by atoms with E-state index in [9.17, 15) is 0 Å². The van der Waals surface area contributed by atoms with E-state index in [0.29, 0.717) is 11.9 Å². The Kier molecular flexibility index (Phi) is 4.12. The first-order chi connectivity index (χ1) is 9.88. The maximum absolute atomic E-state index is 6.04. The number of aromatic nitrogens is 2. The Balaban J connectivity index is 0.00000132. The van der Waals surface area contributed by atoms with Gasteiger partial charge in [0.05, 0.1) is 11.0 Å². The first-order valence-electron chi connectivity index (χ1n) is 7.29. The SMILES string of the molecule is Cl.c1ccc2nc(O[C@@H]3CCNC3)c(NC3CC3)nc2c1. The Morgan fingerprint density at radius 1 is 1.10 bits per heavy atom. The third-order valence-electron chi connectivity index (χ3n) is 3.75. The molecular formula is C15H19ClN4O. The van der Waals surface area contributed by atoms with Gasteiger partial charge >= 0.3 is 0 Å². The average molecular weight is 307 g/mol. The van der Waals surface area contributed by atoms with Crippen molar-refractivity contribution < 1.29 is 4.74 Å². The highest BCUT2D eigenvalue weighted by Crippen LogP contribution is 2.30. The monoisotopic (exact) mass is 306 g/mol. The molecule has 1 saturated carbocycles. The number of benzene rings is 1. The molecule has 112 valence electrons. The number of rotatable bonds is 4. The number of hydrogen-bond donors (Lipinski definition) is 2. The Morgan fingerprint density at radius 3 is 2.52 bits per heavy atom. The summed E-state index contributed by atoms with van der Waals surface area (Å²) in [5.74, 6) is 1.43. The predicted octanol–water partition coefficient (Wildman–Crippen LogP) is 2.37. The fourth-order valence-corrected chi connectivity index (χ4v) is 2.47. The second kappa shape index (κ2) is 6.03. The molecule has 2 aliphatic rings. The summed E-state index contributed by atoms with van der Waals surface area (Å²) in [5.41, 5.74) is 1.79. The van der Waals surface area contributed by atoms with Gasteiger partial charge in [-0.3, -0.25) is 0 Å². The van der Waals surface area contributed by atoms with Crippen LogP contribution in [0.1, 0.15) is 19.3 Å². The number of anilines is 1. The first kappa shape index (κ1) is 14.4. The van der Waals surface area contributed by atoms with Crippen molar-refractivity contribution in [1.29, 1.82) is 0 Å². The van der Waals surface area contributed by atoms with Gasteiger partial charge in [0.15, 0.2) is 5.82 Å². The van der Waals surface area contributed by atoms with Crippen molar-refractivity contribution in [3.05, 3.63) is 24.3 Å². The number of ether oxygens (including phenoxy) is 1. The topological polar surface area (TPSA) is 59.1 Å². The molecule has 2 heterocycles. The lowest BCUT2D eigenvalue weighted by Crippen LogP contribution is -2.21. The van der Waals surface area contributed by atoms with Crippen LogP contribution in [-0.4, -0.2) is 35.2 Å². The molecule has 1 aromatic carbocycles. The molecule has 0 radical (unpaired) electrons. The van der Waals surface area contributed by atoms with E-state index >= 15 is 0 Å². The standard InChI is InChI=1S/C15H18N4O.ClH/c1-2-4-13-12(3-1)18-14(17-10-5-6-10)15(19-13)20-11-7-8-16-9-11;/h1-4,10-11,16H,5-9H2,(H,17,18);1H/t11-;/m1./s1. The highest BCUT2D eigenvalue weighted by Gasteiger charge is 2.25. The van der Waals surface area contributed by atoms with Crippen LogP contribution in [0.5, 0.6) is 5.88 Å². The zero-order valence-corrected chi connectivity index (χ0v) is 12.5. The summed E-state index contributed by atoms with van der Waals surface area (Å²) < 4.78 is 6.04. The van der Waals surface area contributed by atoms with Crippen LogP contribution < -0.4 is 15.4 Å². The fraction of sp³-hybridized carbons (Fsp3) is 0.467. The van der Waals surface area contributed by atoms with Gasteiger partial charge in [0.2, 0.25) is 0 Å². The van der Waals surface area contributed by atoms with Gasteiger partial charge in [-0.05, 0) is 37.9 Å². The van der Waals surface area contributed by atoms with Crippen molar-refractivity contribution >= 4 is 29.3 Å². The number of para-hydroxylation sites is 2. The zero-order chi connectivity index (χ0) is 13.4. The Bertz CT molecular complexity index is 626. The smallest absolute Gasteiger partial charge is 0.258 e. The Morgan fingerprint density at radius 2 is 1.86 bits per heavy atom. The van der Waals surface area contributed by atoms with E-state index in [2.05, 4.69) is 20.6 Å². The summed E-state index contributed by atoms with van der Waals surface area (Å²) in [4.78, 5) is 9.32. The summed E-state index contributed by atoms with van der Waals surface area (Å²) in [6.07, 6.45) is 3.64. The van der Waals surface area contributed by atoms with Crippen molar-refractivity contribution in [3.8, 4) is 5.88 Å². The van der Waals surface area contributed by atoms with Crippen LogP contribution >= 0.6 is 12.4 Å². The number of nitrogens with zero attached hydrogens (tertiary/aromatic N) is 2. The predicted molar refractivity (Wildman–Crippen MR) is 85.3 cm³/mol. The lowest BCUT2D eigenvalue weighted by atomic mass is 10.3. The summed E-state index contributed by atoms with van der Waals surface area (Å²) in [6.45, 7) is 1.90. The lowest BCUT2D eigenvalue weighted by molar-refractivity contribution is 0.215. The zero-order valence-electron chi connectivity index (χ0n) is 11.7. The van der Waals surface area contributed by atoms with Crippen LogP contribution in [0.2, 0.25) is 0 Å². The lowest BCUT2D eigenvalue weighted by Gasteiger charge is -2.15. The maximum atomic E-state index is 6.04. The average Bonchev–Trinajstić information content (AvgIpc) is 3.13. The largest absolute Gasteiger partial charge is 0.470 e. The molecule has 1 aliphatic carbocycles. The van der Waals surface area contributed by atoms with E-state index in [1.807, 2.05) is 24.3 Å².